The van der Waals surface area contributed by atoms with Gasteiger partial charge in [-0.05, 0) is 24.3 Å². The van der Waals surface area contributed by atoms with Crippen molar-refractivity contribution in [1.82, 2.24) is 0 Å². The quantitative estimate of drug-likeness (QED) is 0.334. The van der Waals surface area contributed by atoms with Crippen molar-refractivity contribution >= 4 is 29.7 Å². The molecule has 0 aromatic heterocycles. The van der Waals surface area contributed by atoms with Crippen molar-refractivity contribution < 1.29 is 9.72 Å². The lowest BCUT2D eigenvalue weighted by Gasteiger charge is -1.97. The third kappa shape index (κ3) is 2.40. The lowest BCUT2D eigenvalue weighted by atomic mass is 10.1. The molecule has 0 N–H and O–H groups in total. The molecule has 0 fully saturated rings. The summed E-state index contributed by atoms with van der Waals surface area (Å²) in [5.41, 5.74) is 0.238. The van der Waals surface area contributed by atoms with Crippen molar-refractivity contribution in [3.63, 3.8) is 0 Å². The standard InChI is InChI=1S/C9H6ClNO3/c10-8-3-4-9(11(13)14)7(6-8)2-1-5-12/h1-6H/b2-1+. The minimum absolute atomic E-state index is 0.0764. The monoisotopic (exact) mass is 211 g/mol. The van der Waals surface area contributed by atoms with Crippen LogP contribution in [0.2, 0.25) is 5.02 Å². The Kier molecular flexibility index (Phi) is 3.36. The van der Waals surface area contributed by atoms with Crippen LogP contribution in [0, 0.1) is 10.1 Å². The molecule has 5 heteroatoms. The minimum Gasteiger partial charge on any atom is -0.299 e. The number of nitro benzene ring substituents is 1. The Hall–Kier alpha value is -1.68. The normalized spacial score (nSPS) is 10.4. The van der Waals surface area contributed by atoms with Gasteiger partial charge in [-0.15, -0.1) is 0 Å². The fraction of sp³-hybridized carbons (Fsp3) is 0. The first-order valence-electron chi connectivity index (χ1n) is 3.71. The van der Waals surface area contributed by atoms with Crippen LogP contribution in [0.25, 0.3) is 6.08 Å². The van der Waals surface area contributed by atoms with Gasteiger partial charge in [0.05, 0.1) is 10.5 Å². The molecule has 0 saturated carbocycles. The summed E-state index contributed by atoms with van der Waals surface area (Å²) in [5.74, 6) is 0. The molecule has 0 saturated heterocycles. The second kappa shape index (κ2) is 4.53. The number of aldehydes is 1. The predicted molar refractivity (Wildman–Crippen MR) is 53.2 cm³/mol. The van der Waals surface area contributed by atoms with Gasteiger partial charge in [-0.3, -0.25) is 14.9 Å². The predicted octanol–water partition coefficient (Wildman–Crippen LogP) is 2.46. The largest absolute Gasteiger partial charge is 0.299 e. The summed E-state index contributed by atoms with van der Waals surface area (Å²) in [7, 11) is 0. The maximum Gasteiger partial charge on any atom is 0.276 e. The van der Waals surface area contributed by atoms with E-state index in [1.165, 1.54) is 30.4 Å². The number of rotatable bonds is 3. The van der Waals surface area contributed by atoms with Crippen LogP contribution in [0.1, 0.15) is 5.56 Å². The average molecular weight is 212 g/mol. The molecule has 0 heterocycles. The molecular formula is C9H6ClNO3. The van der Waals surface area contributed by atoms with Gasteiger partial charge < -0.3 is 0 Å². The second-order valence-electron chi connectivity index (χ2n) is 2.46. The zero-order chi connectivity index (χ0) is 10.6. The van der Waals surface area contributed by atoms with Crippen LogP contribution in [0.15, 0.2) is 24.3 Å². The molecule has 0 amide bonds. The Balaban J connectivity index is 3.22. The lowest BCUT2D eigenvalue weighted by Crippen LogP contribution is -1.90. The third-order valence-electron chi connectivity index (χ3n) is 1.54. The van der Waals surface area contributed by atoms with E-state index in [2.05, 4.69) is 0 Å². The summed E-state index contributed by atoms with van der Waals surface area (Å²) in [5, 5.41) is 10.9. The second-order valence-corrected chi connectivity index (χ2v) is 2.89. The van der Waals surface area contributed by atoms with E-state index in [4.69, 9.17) is 11.6 Å². The van der Waals surface area contributed by atoms with Gasteiger partial charge in [0.15, 0.2) is 0 Å². The lowest BCUT2D eigenvalue weighted by molar-refractivity contribution is -0.385. The molecule has 0 unspecified atom stereocenters. The van der Waals surface area contributed by atoms with Crippen LogP contribution in [0.4, 0.5) is 5.69 Å². The molecule has 1 rings (SSSR count). The number of benzene rings is 1. The summed E-state index contributed by atoms with van der Waals surface area (Å²) in [6.07, 6.45) is 3.07. The number of hydrogen-bond donors (Lipinski definition) is 0. The molecule has 14 heavy (non-hydrogen) atoms. The van der Waals surface area contributed by atoms with E-state index in [0.29, 0.717) is 16.9 Å². The van der Waals surface area contributed by atoms with E-state index >= 15 is 0 Å². The molecular weight excluding hydrogens is 206 g/mol. The molecule has 1 aromatic carbocycles. The highest BCUT2D eigenvalue weighted by molar-refractivity contribution is 6.30. The van der Waals surface area contributed by atoms with Crippen LogP contribution in [-0.2, 0) is 4.79 Å². The van der Waals surface area contributed by atoms with Crippen LogP contribution in [0.5, 0.6) is 0 Å². The smallest absolute Gasteiger partial charge is 0.276 e. The van der Waals surface area contributed by atoms with Crippen LogP contribution < -0.4 is 0 Å². The zero-order valence-electron chi connectivity index (χ0n) is 7.01. The van der Waals surface area contributed by atoms with Crippen molar-refractivity contribution in [3.05, 3.63) is 45.0 Å². The molecule has 0 radical (unpaired) electrons. The molecule has 0 spiro atoms. The fourth-order valence-electron chi connectivity index (χ4n) is 0.968. The number of allylic oxidation sites excluding steroid dienone is 1. The van der Waals surface area contributed by atoms with Crippen molar-refractivity contribution in [1.29, 1.82) is 0 Å². The molecule has 0 bridgehead atoms. The van der Waals surface area contributed by atoms with Crippen LogP contribution in [-0.4, -0.2) is 11.2 Å². The van der Waals surface area contributed by atoms with Crippen molar-refractivity contribution in [3.8, 4) is 0 Å². The highest BCUT2D eigenvalue weighted by atomic mass is 35.5. The number of carbonyl (C=O) groups is 1. The van der Waals surface area contributed by atoms with E-state index < -0.39 is 4.92 Å². The molecule has 1 aromatic rings. The Bertz CT molecular complexity index is 401. The molecule has 0 atom stereocenters. The summed E-state index contributed by atoms with van der Waals surface area (Å²) in [6.45, 7) is 0. The van der Waals surface area contributed by atoms with Crippen LogP contribution in [0.3, 0.4) is 0 Å². The van der Waals surface area contributed by atoms with Gasteiger partial charge in [-0.1, -0.05) is 11.6 Å². The molecule has 4 nitrogen and oxygen atoms in total. The number of halogens is 1. The Morgan fingerprint density at radius 1 is 1.43 bits per heavy atom. The Labute approximate surface area is 85.0 Å². The number of nitrogens with zero attached hydrogens (tertiary/aromatic N) is 1. The van der Waals surface area contributed by atoms with Gasteiger partial charge in [0.2, 0.25) is 0 Å². The Morgan fingerprint density at radius 3 is 2.71 bits per heavy atom. The van der Waals surface area contributed by atoms with E-state index in [1.54, 1.807) is 0 Å². The number of hydrogen-bond acceptors (Lipinski definition) is 3. The maximum atomic E-state index is 10.5. The Morgan fingerprint density at radius 2 is 2.14 bits per heavy atom. The van der Waals surface area contributed by atoms with Crippen molar-refractivity contribution in [2.45, 2.75) is 0 Å². The SMILES string of the molecule is O=C/C=C/c1cc(Cl)ccc1[N+](=O)[O-]. The molecule has 0 aliphatic heterocycles. The van der Waals surface area contributed by atoms with E-state index in [1.807, 2.05) is 0 Å². The maximum absolute atomic E-state index is 10.5. The van der Waals surface area contributed by atoms with Gasteiger partial charge in [0.1, 0.15) is 6.29 Å². The number of nitro groups is 1. The van der Waals surface area contributed by atoms with Gasteiger partial charge in [-0.2, -0.15) is 0 Å². The summed E-state index contributed by atoms with van der Waals surface area (Å²) >= 11 is 5.66. The van der Waals surface area contributed by atoms with Gasteiger partial charge in [0.25, 0.3) is 5.69 Å². The van der Waals surface area contributed by atoms with Crippen LogP contribution >= 0.6 is 11.6 Å². The molecule has 0 aliphatic rings. The molecule has 72 valence electrons. The highest BCUT2D eigenvalue weighted by Gasteiger charge is 2.10. The topological polar surface area (TPSA) is 60.2 Å². The average Bonchev–Trinajstić information content (AvgIpc) is 2.14. The fourth-order valence-corrected chi connectivity index (χ4v) is 1.15. The van der Waals surface area contributed by atoms with Crippen molar-refractivity contribution in [2.75, 3.05) is 0 Å². The molecule has 0 aliphatic carbocycles. The van der Waals surface area contributed by atoms with Gasteiger partial charge in [0, 0.05) is 11.1 Å². The van der Waals surface area contributed by atoms with E-state index in [-0.39, 0.29) is 5.69 Å². The minimum atomic E-state index is -0.527. The highest BCUT2D eigenvalue weighted by Crippen LogP contribution is 2.23. The summed E-state index contributed by atoms with van der Waals surface area (Å²) in [4.78, 5) is 20.1. The van der Waals surface area contributed by atoms with E-state index in [9.17, 15) is 14.9 Å². The summed E-state index contributed by atoms with van der Waals surface area (Å²) in [6, 6.07) is 4.16. The summed E-state index contributed by atoms with van der Waals surface area (Å²) < 4.78 is 0. The first kappa shape index (κ1) is 10.4. The van der Waals surface area contributed by atoms with E-state index in [0.717, 1.165) is 0 Å². The third-order valence-corrected chi connectivity index (χ3v) is 1.78. The first-order valence-corrected chi connectivity index (χ1v) is 4.08. The van der Waals surface area contributed by atoms with Crippen molar-refractivity contribution in [2.24, 2.45) is 0 Å². The van der Waals surface area contributed by atoms with Gasteiger partial charge >= 0.3 is 0 Å². The first-order chi connectivity index (χ1) is 6.65. The van der Waals surface area contributed by atoms with Gasteiger partial charge in [-0.25, -0.2) is 0 Å². The number of carbonyl (C=O) groups excluding carboxylic acids is 1. The zero-order valence-corrected chi connectivity index (χ0v) is 7.77.